The van der Waals surface area contributed by atoms with Crippen molar-refractivity contribution in [3.8, 4) is 11.5 Å². The van der Waals surface area contributed by atoms with Crippen LogP contribution in [0.3, 0.4) is 0 Å². The number of phenols is 1. The quantitative estimate of drug-likeness (QED) is 0.471. The molecule has 0 saturated heterocycles. The summed E-state index contributed by atoms with van der Waals surface area (Å²) in [4.78, 5) is 11.6. The summed E-state index contributed by atoms with van der Waals surface area (Å²) in [5.41, 5.74) is 1.97. The Morgan fingerprint density at radius 1 is 1.06 bits per heavy atom. The first-order valence-corrected chi connectivity index (χ1v) is 11.5. The lowest BCUT2D eigenvalue weighted by atomic mass is 9.91. The fourth-order valence-electron chi connectivity index (χ4n) is 4.32. The van der Waals surface area contributed by atoms with E-state index in [0.29, 0.717) is 23.8 Å². The minimum Gasteiger partial charge on any atom is -0.504 e. The standard InChI is InChI=1S/C26H33N5O2/c1-31(2)25-21-8-4-5-9-22(21)29-26(30-25)28-20-13-11-19(12-14-20)27-16-6-7-18-10-15-23(32)24(17-18)33-3/h4-10,15,17,19-20,27,32H,11-14,16H2,1-3H3,(H,28,29,30). The molecule has 2 aromatic carbocycles. The zero-order valence-electron chi connectivity index (χ0n) is 19.6. The van der Waals surface area contributed by atoms with Crippen LogP contribution in [0.5, 0.6) is 11.5 Å². The van der Waals surface area contributed by atoms with Crippen LogP contribution < -0.4 is 20.3 Å². The number of benzene rings is 2. The van der Waals surface area contributed by atoms with Gasteiger partial charge in [-0.3, -0.25) is 0 Å². The maximum absolute atomic E-state index is 9.70. The highest BCUT2D eigenvalue weighted by Crippen LogP contribution is 2.27. The summed E-state index contributed by atoms with van der Waals surface area (Å²) >= 11 is 0. The van der Waals surface area contributed by atoms with E-state index in [1.165, 1.54) is 0 Å². The Kier molecular flexibility index (Phi) is 7.29. The van der Waals surface area contributed by atoms with Crippen molar-refractivity contribution in [3.63, 3.8) is 0 Å². The number of rotatable bonds is 8. The molecule has 3 aromatic rings. The van der Waals surface area contributed by atoms with Gasteiger partial charge in [0, 0.05) is 38.1 Å². The first-order chi connectivity index (χ1) is 16.0. The Morgan fingerprint density at radius 3 is 2.58 bits per heavy atom. The second-order valence-electron chi connectivity index (χ2n) is 8.72. The lowest BCUT2D eigenvalue weighted by Gasteiger charge is -2.29. The Balaban J connectivity index is 1.27. The average Bonchev–Trinajstić information content (AvgIpc) is 2.83. The highest BCUT2D eigenvalue weighted by Gasteiger charge is 2.21. The predicted octanol–water partition coefficient (Wildman–Crippen LogP) is 4.44. The van der Waals surface area contributed by atoms with Crippen molar-refractivity contribution < 1.29 is 9.84 Å². The topological polar surface area (TPSA) is 82.5 Å². The molecule has 0 unspecified atom stereocenters. The monoisotopic (exact) mass is 447 g/mol. The van der Waals surface area contributed by atoms with E-state index >= 15 is 0 Å². The van der Waals surface area contributed by atoms with Crippen LogP contribution in [0, 0.1) is 0 Å². The van der Waals surface area contributed by atoms with Crippen molar-refractivity contribution in [2.75, 3.05) is 38.0 Å². The molecular formula is C26H33N5O2. The third-order valence-corrected chi connectivity index (χ3v) is 6.11. The van der Waals surface area contributed by atoms with Gasteiger partial charge in [0.25, 0.3) is 0 Å². The molecule has 7 heteroatoms. The lowest BCUT2D eigenvalue weighted by molar-refractivity contribution is 0.363. The van der Waals surface area contributed by atoms with Gasteiger partial charge >= 0.3 is 0 Å². The molecule has 0 atom stereocenters. The van der Waals surface area contributed by atoms with Crippen LogP contribution >= 0.6 is 0 Å². The first-order valence-electron chi connectivity index (χ1n) is 11.5. The summed E-state index contributed by atoms with van der Waals surface area (Å²) in [6.07, 6.45) is 8.57. The van der Waals surface area contributed by atoms with E-state index in [2.05, 4.69) is 22.8 Å². The summed E-state index contributed by atoms with van der Waals surface area (Å²) in [5, 5.41) is 18.0. The number of fused-ring (bicyclic) bond motifs is 1. The fraction of sp³-hybridized carbons (Fsp3) is 0.385. The molecule has 0 bridgehead atoms. The van der Waals surface area contributed by atoms with Crippen molar-refractivity contribution >= 4 is 28.7 Å². The van der Waals surface area contributed by atoms with Crippen molar-refractivity contribution in [1.82, 2.24) is 15.3 Å². The Hall–Kier alpha value is -3.32. The summed E-state index contributed by atoms with van der Waals surface area (Å²) in [6.45, 7) is 0.811. The van der Waals surface area contributed by atoms with Crippen molar-refractivity contribution in [3.05, 3.63) is 54.1 Å². The summed E-state index contributed by atoms with van der Waals surface area (Å²) in [5.74, 6) is 2.30. The van der Waals surface area contributed by atoms with E-state index in [-0.39, 0.29) is 5.75 Å². The maximum Gasteiger partial charge on any atom is 0.225 e. The van der Waals surface area contributed by atoms with E-state index < -0.39 is 0 Å². The maximum atomic E-state index is 9.70. The molecule has 1 aliphatic rings. The number of ether oxygens (including phenoxy) is 1. The number of methoxy groups -OCH3 is 1. The average molecular weight is 448 g/mol. The molecule has 1 heterocycles. The molecule has 1 saturated carbocycles. The first kappa shape index (κ1) is 22.9. The highest BCUT2D eigenvalue weighted by atomic mass is 16.5. The second kappa shape index (κ2) is 10.5. The Bertz CT molecular complexity index is 1110. The van der Waals surface area contributed by atoms with Crippen LogP contribution in [0.15, 0.2) is 48.5 Å². The number of phenolic OH excluding ortho intramolecular Hbond substituents is 1. The van der Waals surface area contributed by atoms with Crippen molar-refractivity contribution in [2.24, 2.45) is 0 Å². The number of aromatic nitrogens is 2. The SMILES string of the molecule is COc1cc(C=CCNC2CCC(Nc3nc(N(C)C)c4ccccc4n3)CC2)ccc1O. The number of hydrogen-bond donors (Lipinski definition) is 3. The molecule has 1 aromatic heterocycles. The zero-order valence-corrected chi connectivity index (χ0v) is 19.6. The number of hydrogen-bond acceptors (Lipinski definition) is 7. The number of para-hydroxylation sites is 1. The number of nitrogens with one attached hydrogen (secondary N) is 2. The van der Waals surface area contributed by atoms with Crippen LogP contribution in [-0.4, -0.2) is 54.9 Å². The van der Waals surface area contributed by atoms with Gasteiger partial charge < -0.3 is 25.4 Å². The van der Waals surface area contributed by atoms with Gasteiger partial charge in [-0.1, -0.05) is 30.4 Å². The largest absolute Gasteiger partial charge is 0.504 e. The van der Waals surface area contributed by atoms with Crippen molar-refractivity contribution in [2.45, 2.75) is 37.8 Å². The molecule has 0 spiro atoms. The third kappa shape index (κ3) is 5.73. The van der Waals surface area contributed by atoms with E-state index in [9.17, 15) is 5.11 Å². The summed E-state index contributed by atoms with van der Waals surface area (Å²) in [6, 6.07) is 14.4. The molecule has 33 heavy (non-hydrogen) atoms. The van der Waals surface area contributed by atoms with Gasteiger partial charge in [0.15, 0.2) is 11.5 Å². The normalized spacial score (nSPS) is 18.5. The van der Waals surface area contributed by atoms with Gasteiger partial charge in [-0.25, -0.2) is 4.98 Å². The molecule has 1 fully saturated rings. The van der Waals surface area contributed by atoms with Gasteiger partial charge in [0.2, 0.25) is 5.95 Å². The van der Waals surface area contributed by atoms with Crippen LogP contribution in [0.1, 0.15) is 31.2 Å². The number of aromatic hydroxyl groups is 1. The minimum atomic E-state index is 0.158. The molecule has 1 aliphatic carbocycles. The van der Waals surface area contributed by atoms with E-state index in [1.807, 2.05) is 55.4 Å². The van der Waals surface area contributed by atoms with Gasteiger partial charge in [-0.15, -0.1) is 0 Å². The predicted molar refractivity (Wildman–Crippen MR) is 135 cm³/mol. The highest BCUT2D eigenvalue weighted by molar-refractivity contribution is 5.90. The number of anilines is 2. The van der Waals surface area contributed by atoms with Crippen LogP contribution in [0.25, 0.3) is 17.0 Å². The van der Waals surface area contributed by atoms with Gasteiger partial charge in [0.1, 0.15) is 5.82 Å². The van der Waals surface area contributed by atoms with Crippen molar-refractivity contribution in [1.29, 1.82) is 0 Å². The molecule has 174 valence electrons. The van der Waals surface area contributed by atoms with E-state index in [4.69, 9.17) is 14.7 Å². The Labute approximate surface area is 195 Å². The number of nitrogens with zero attached hydrogens (tertiary/aromatic N) is 3. The summed E-state index contributed by atoms with van der Waals surface area (Å²) in [7, 11) is 5.59. The molecule has 7 nitrogen and oxygen atoms in total. The lowest BCUT2D eigenvalue weighted by Crippen LogP contribution is -2.37. The zero-order chi connectivity index (χ0) is 23.2. The van der Waals surface area contributed by atoms with E-state index in [0.717, 1.165) is 54.5 Å². The van der Waals surface area contributed by atoms with Crippen LogP contribution in [0.2, 0.25) is 0 Å². The van der Waals surface area contributed by atoms with E-state index in [1.54, 1.807) is 13.2 Å². The molecular weight excluding hydrogens is 414 g/mol. The molecule has 4 rings (SSSR count). The molecule has 0 radical (unpaired) electrons. The van der Waals surface area contributed by atoms with Crippen LogP contribution in [-0.2, 0) is 0 Å². The van der Waals surface area contributed by atoms with Gasteiger partial charge in [0.05, 0.1) is 12.6 Å². The smallest absolute Gasteiger partial charge is 0.225 e. The molecule has 0 amide bonds. The minimum absolute atomic E-state index is 0.158. The molecule has 0 aliphatic heterocycles. The second-order valence-corrected chi connectivity index (χ2v) is 8.72. The fourth-order valence-corrected chi connectivity index (χ4v) is 4.32. The summed E-state index contributed by atoms with van der Waals surface area (Å²) < 4.78 is 5.16. The van der Waals surface area contributed by atoms with Crippen LogP contribution in [0.4, 0.5) is 11.8 Å². The molecule has 3 N–H and O–H groups in total. The Morgan fingerprint density at radius 2 is 1.82 bits per heavy atom. The van der Waals surface area contributed by atoms with Gasteiger partial charge in [-0.2, -0.15) is 4.98 Å². The third-order valence-electron chi connectivity index (χ3n) is 6.11. The van der Waals surface area contributed by atoms with Gasteiger partial charge in [-0.05, 0) is 55.5 Å².